The average Bonchev–Trinajstić information content (AvgIpc) is 2.60. The second-order valence-corrected chi connectivity index (χ2v) is 7.16. The summed E-state index contributed by atoms with van der Waals surface area (Å²) in [5, 5.41) is 0. The molecule has 4 heteroatoms. The monoisotopic (exact) mass is 354 g/mol. The van der Waals surface area contributed by atoms with Crippen LogP contribution in [0.3, 0.4) is 0 Å². The highest BCUT2D eigenvalue weighted by molar-refractivity contribution is 6.01. The lowest BCUT2D eigenvalue weighted by Gasteiger charge is -2.19. The van der Waals surface area contributed by atoms with Crippen LogP contribution in [-0.4, -0.2) is 17.9 Å². The molecule has 2 aromatic rings. The van der Waals surface area contributed by atoms with Gasteiger partial charge in [-0.3, -0.25) is 4.79 Å². The Balaban J connectivity index is 1.97. The number of halogens is 1. The Bertz CT molecular complexity index is 797. The van der Waals surface area contributed by atoms with E-state index in [0.717, 1.165) is 5.56 Å². The molecule has 0 saturated heterocycles. The van der Waals surface area contributed by atoms with Crippen molar-refractivity contribution in [3.63, 3.8) is 0 Å². The summed E-state index contributed by atoms with van der Waals surface area (Å²) in [6, 6.07) is 13.0. The summed E-state index contributed by atoms with van der Waals surface area (Å²) in [6.45, 7) is 7.84. The van der Waals surface area contributed by atoms with E-state index >= 15 is 0 Å². The number of benzene rings is 2. The van der Waals surface area contributed by atoms with Crippen molar-refractivity contribution >= 4 is 17.8 Å². The van der Waals surface area contributed by atoms with Crippen LogP contribution in [0.5, 0.6) is 0 Å². The fourth-order valence-electron chi connectivity index (χ4n) is 2.37. The maximum absolute atomic E-state index is 12.8. The minimum atomic E-state index is -0.888. The lowest BCUT2D eigenvalue weighted by molar-refractivity contribution is -0.140. The molecule has 26 heavy (non-hydrogen) atoms. The molecule has 0 bridgehead atoms. The number of esters is 1. The van der Waals surface area contributed by atoms with E-state index in [2.05, 4.69) is 20.8 Å². The van der Waals surface area contributed by atoms with E-state index in [1.807, 2.05) is 12.1 Å². The van der Waals surface area contributed by atoms with Crippen molar-refractivity contribution in [3.05, 3.63) is 77.1 Å². The van der Waals surface area contributed by atoms with Gasteiger partial charge in [0.2, 0.25) is 5.78 Å². The molecular weight excluding hydrogens is 331 g/mol. The summed E-state index contributed by atoms with van der Waals surface area (Å²) in [5.74, 6) is -1.23. The van der Waals surface area contributed by atoms with Gasteiger partial charge >= 0.3 is 5.97 Å². The molecule has 0 saturated carbocycles. The molecule has 0 aromatic heterocycles. The summed E-state index contributed by atoms with van der Waals surface area (Å²) in [6.07, 6.45) is 1.84. The van der Waals surface area contributed by atoms with Crippen LogP contribution >= 0.6 is 0 Å². The number of carbonyl (C=O) groups excluding carboxylic acids is 2. The molecule has 0 amide bonds. The van der Waals surface area contributed by atoms with E-state index in [1.165, 1.54) is 24.3 Å². The van der Waals surface area contributed by atoms with E-state index in [-0.39, 0.29) is 17.0 Å². The van der Waals surface area contributed by atoms with Gasteiger partial charge in [0, 0.05) is 11.6 Å². The van der Waals surface area contributed by atoms with Crippen molar-refractivity contribution in [3.8, 4) is 0 Å². The summed E-state index contributed by atoms with van der Waals surface area (Å²) < 4.78 is 18.0. The fourth-order valence-corrected chi connectivity index (χ4v) is 2.37. The Labute approximate surface area is 153 Å². The Hall–Kier alpha value is -2.75. The molecule has 0 unspecified atom stereocenters. The zero-order valence-corrected chi connectivity index (χ0v) is 15.5. The second kappa shape index (κ2) is 8.09. The van der Waals surface area contributed by atoms with E-state index < -0.39 is 12.1 Å². The van der Waals surface area contributed by atoms with Crippen molar-refractivity contribution in [2.45, 2.75) is 39.2 Å². The Morgan fingerprint density at radius 1 is 1.00 bits per heavy atom. The quantitative estimate of drug-likeness (QED) is 0.433. The van der Waals surface area contributed by atoms with E-state index in [9.17, 15) is 14.0 Å². The van der Waals surface area contributed by atoms with Crippen molar-refractivity contribution in [1.82, 2.24) is 0 Å². The van der Waals surface area contributed by atoms with Gasteiger partial charge in [-0.1, -0.05) is 57.2 Å². The third kappa shape index (κ3) is 5.38. The summed E-state index contributed by atoms with van der Waals surface area (Å²) in [4.78, 5) is 24.3. The first-order valence-corrected chi connectivity index (χ1v) is 8.46. The van der Waals surface area contributed by atoms with Gasteiger partial charge in [-0.15, -0.1) is 0 Å². The van der Waals surface area contributed by atoms with Gasteiger partial charge in [0.05, 0.1) is 0 Å². The number of hydrogen-bond acceptors (Lipinski definition) is 3. The van der Waals surface area contributed by atoms with Crippen molar-refractivity contribution < 1.29 is 18.7 Å². The summed E-state index contributed by atoms with van der Waals surface area (Å²) in [7, 11) is 0. The molecule has 0 heterocycles. The zero-order chi connectivity index (χ0) is 19.3. The highest BCUT2D eigenvalue weighted by atomic mass is 19.1. The molecule has 0 N–H and O–H groups in total. The Morgan fingerprint density at radius 2 is 1.58 bits per heavy atom. The fraction of sp³-hybridized carbons (Fsp3) is 0.273. The van der Waals surface area contributed by atoms with Gasteiger partial charge < -0.3 is 4.74 Å². The van der Waals surface area contributed by atoms with Crippen LogP contribution in [0, 0.1) is 5.82 Å². The van der Waals surface area contributed by atoms with Gasteiger partial charge in [0.1, 0.15) is 5.82 Å². The first-order valence-electron chi connectivity index (χ1n) is 8.46. The number of Topliss-reactive ketones (excluding diaryl/α,β-unsaturated/α-hetero) is 1. The molecule has 0 spiro atoms. The first kappa shape index (κ1) is 19.6. The third-order valence-electron chi connectivity index (χ3n) is 3.98. The molecular formula is C22H23FO3. The second-order valence-electron chi connectivity index (χ2n) is 7.16. The first-order chi connectivity index (χ1) is 12.2. The van der Waals surface area contributed by atoms with E-state index in [4.69, 9.17) is 4.74 Å². The lowest BCUT2D eigenvalue weighted by atomic mass is 9.86. The normalized spacial score (nSPS) is 12.8. The molecule has 0 aliphatic rings. The molecule has 2 rings (SSSR count). The van der Waals surface area contributed by atoms with Crippen LogP contribution < -0.4 is 0 Å². The number of carbonyl (C=O) groups is 2. The predicted octanol–water partition coefficient (Wildman–Crippen LogP) is 4.95. The molecule has 3 nitrogen and oxygen atoms in total. The van der Waals surface area contributed by atoms with Crippen molar-refractivity contribution in [2.75, 3.05) is 0 Å². The molecule has 1 atom stereocenters. The van der Waals surface area contributed by atoms with Crippen LogP contribution in [0.4, 0.5) is 4.39 Å². The van der Waals surface area contributed by atoms with Gasteiger partial charge in [-0.2, -0.15) is 0 Å². The zero-order valence-electron chi connectivity index (χ0n) is 15.5. The van der Waals surface area contributed by atoms with Gasteiger partial charge in [0.15, 0.2) is 6.10 Å². The van der Waals surface area contributed by atoms with E-state index in [0.29, 0.717) is 11.1 Å². The average molecular weight is 354 g/mol. The number of ketones is 1. The van der Waals surface area contributed by atoms with Crippen LogP contribution in [-0.2, 0) is 14.9 Å². The summed E-state index contributed by atoms with van der Waals surface area (Å²) in [5.41, 5.74) is 2.30. The third-order valence-corrected chi connectivity index (χ3v) is 3.98. The molecule has 0 aliphatic heterocycles. The van der Waals surface area contributed by atoms with Crippen LogP contribution in [0.1, 0.15) is 49.2 Å². The molecule has 0 fully saturated rings. The van der Waals surface area contributed by atoms with Crippen LogP contribution in [0.25, 0.3) is 6.08 Å². The van der Waals surface area contributed by atoms with Gasteiger partial charge in [0.25, 0.3) is 0 Å². The minimum Gasteiger partial charge on any atom is -0.451 e. The lowest BCUT2D eigenvalue weighted by Crippen LogP contribution is -2.23. The summed E-state index contributed by atoms with van der Waals surface area (Å²) >= 11 is 0. The Morgan fingerprint density at radius 3 is 2.12 bits per heavy atom. The van der Waals surface area contributed by atoms with Crippen LogP contribution in [0.2, 0.25) is 0 Å². The maximum atomic E-state index is 12.8. The highest BCUT2D eigenvalue weighted by Gasteiger charge is 2.20. The van der Waals surface area contributed by atoms with Gasteiger partial charge in [-0.25, -0.2) is 9.18 Å². The molecule has 136 valence electrons. The largest absolute Gasteiger partial charge is 0.451 e. The SMILES string of the molecule is C[C@H](OC(=O)/C=C/c1ccc(F)cc1)C(=O)c1ccc(C(C)(C)C)cc1. The highest BCUT2D eigenvalue weighted by Crippen LogP contribution is 2.22. The molecule has 2 aromatic carbocycles. The molecule has 0 aliphatic carbocycles. The van der Waals surface area contributed by atoms with Gasteiger partial charge in [-0.05, 0) is 41.7 Å². The topological polar surface area (TPSA) is 43.4 Å². The van der Waals surface area contributed by atoms with E-state index in [1.54, 1.807) is 31.2 Å². The number of rotatable bonds is 5. The molecule has 0 radical (unpaired) electrons. The smallest absolute Gasteiger partial charge is 0.331 e. The van der Waals surface area contributed by atoms with Crippen molar-refractivity contribution in [1.29, 1.82) is 0 Å². The van der Waals surface area contributed by atoms with Crippen molar-refractivity contribution in [2.24, 2.45) is 0 Å². The predicted molar refractivity (Wildman–Crippen MR) is 100 cm³/mol. The number of hydrogen-bond donors (Lipinski definition) is 0. The Kier molecular flexibility index (Phi) is 6.09. The van der Waals surface area contributed by atoms with Crippen LogP contribution in [0.15, 0.2) is 54.6 Å². The number of ether oxygens (including phenoxy) is 1. The minimum absolute atomic E-state index is 0.00477. The standard InChI is InChI=1S/C22H23FO3/c1-15(21(25)17-8-10-18(11-9-17)22(2,3)4)26-20(24)14-7-16-5-12-19(23)13-6-16/h5-15H,1-4H3/b14-7+/t15-/m0/s1. The maximum Gasteiger partial charge on any atom is 0.331 e.